The zero-order valence-corrected chi connectivity index (χ0v) is 16.0. The lowest BCUT2D eigenvalue weighted by Crippen LogP contribution is -2.24. The smallest absolute Gasteiger partial charge is 0.356 e. The van der Waals surface area contributed by atoms with E-state index in [2.05, 4.69) is 0 Å². The van der Waals surface area contributed by atoms with Gasteiger partial charge in [0.2, 0.25) is 5.75 Å². The first-order chi connectivity index (χ1) is 11.4. The molecule has 1 aliphatic rings. The third kappa shape index (κ3) is 10.2. The van der Waals surface area contributed by atoms with E-state index in [9.17, 15) is 9.59 Å². The van der Waals surface area contributed by atoms with E-state index in [1.165, 1.54) is 24.3 Å². The Morgan fingerprint density at radius 3 is 1.88 bits per heavy atom. The summed E-state index contributed by atoms with van der Waals surface area (Å²) in [6.07, 6.45) is 2.49. The molecule has 6 nitrogen and oxygen atoms in total. The fourth-order valence-electron chi connectivity index (χ4n) is 2.01. The van der Waals surface area contributed by atoms with Crippen molar-refractivity contribution in [2.75, 3.05) is 56.9 Å². The van der Waals surface area contributed by atoms with Gasteiger partial charge in [-0.1, -0.05) is 0 Å². The molecule has 1 rings (SSSR count). The van der Waals surface area contributed by atoms with E-state index in [1.54, 1.807) is 0 Å². The highest BCUT2D eigenvalue weighted by molar-refractivity contribution is 7.97. The van der Waals surface area contributed by atoms with E-state index in [-0.39, 0.29) is 29.4 Å². The Bertz CT molecular complexity index is 374. The van der Waals surface area contributed by atoms with E-state index in [0.29, 0.717) is 38.8 Å². The molecule has 0 amide bonds. The molecule has 0 atom stereocenters. The van der Waals surface area contributed by atoms with Gasteiger partial charge in [-0.2, -0.15) is 0 Å². The summed E-state index contributed by atoms with van der Waals surface area (Å²) in [5, 5.41) is 0. The predicted octanol–water partition coefficient (Wildman–Crippen LogP) is 1.56. The summed E-state index contributed by atoms with van der Waals surface area (Å²) < 4.78 is 20.9. The Hall–Kier alpha value is -0.790. The minimum atomic E-state index is -0.487. The summed E-state index contributed by atoms with van der Waals surface area (Å²) in [6.45, 7) is 7.54. The molecule has 0 saturated carbocycles. The van der Waals surface area contributed by atoms with Crippen LogP contribution in [0.5, 0.6) is 0 Å². The Labute approximate surface area is 147 Å². The van der Waals surface area contributed by atoms with Gasteiger partial charge in [0.05, 0.1) is 31.8 Å². The quantitative estimate of drug-likeness (QED) is 0.315. The predicted molar refractivity (Wildman–Crippen MR) is 94.2 cm³/mol. The number of carbonyl (C=O) groups excluding carboxylic acids is 2. The van der Waals surface area contributed by atoms with E-state index in [1.807, 2.05) is 20.8 Å². The summed E-state index contributed by atoms with van der Waals surface area (Å²) in [6, 6.07) is 0. The molecule has 0 aromatic rings. The third-order valence-electron chi connectivity index (χ3n) is 3.37. The summed E-state index contributed by atoms with van der Waals surface area (Å²) >= 11 is 0. The van der Waals surface area contributed by atoms with Crippen LogP contribution in [0.2, 0.25) is 0 Å². The Balaban J connectivity index is 1.83. The fourth-order valence-corrected chi connectivity index (χ4v) is 4.15. The molecular formula is C17H31O6S+. The number of ether oxygens (including phenoxy) is 4. The van der Waals surface area contributed by atoms with E-state index >= 15 is 0 Å². The van der Waals surface area contributed by atoms with Gasteiger partial charge < -0.3 is 18.9 Å². The highest BCUT2D eigenvalue weighted by atomic mass is 32.2. The SMILES string of the molecule is CC(C)(C)C(=O)OCCOCCOCCOC(=O)C[S+]1CCCC1. The maximum absolute atomic E-state index is 11.6. The minimum Gasteiger partial charge on any atom is -0.463 e. The van der Waals surface area contributed by atoms with Gasteiger partial charge in [-0.15, -0.1) is 0 Å². The molecule has 0 radical (unpaired) electrons. The van der Waals surface area contributed by atoms with Crippen LogP contribution in [-0.2, 0) is 39.4 Å². The molecule has 0 aromatic heterocycles. The van der Waals surface area contributed by atoms with Crippen LogP contribution in [0.4, 0.5) is 0 Å². The molecule has 1 saturated heterocycles. The average Bonchev–Trinajstić information content (AvgIpc) is 3.00. The van der Waals surface area contributed by atoms with Gasteiger partial charge in [-0.3, -0.25) is 4.79 Å². The zero-order valence-electron chi connectivity index (χ0n) is 15.1. The van der Waals surface area contributed by atoms with Gasteiger partial charge in [-0.05, 0) is 44.5 Å². The summed E-state index contributed by atoms with van der Waals surface area (Å²) in [4.78, 5) is 23.1. The van der Waals surface area contributed by atoms with E-state index < -0.39 is 5.41 Å². The molecule has 1 heterocycles. The van der Waals surface area contributed by atoms with E-state index in [0.717, 1.165) is 0 Å². The molecule has 0 spiro atoms. The maximum Gasteiger partial charge on any atom is 0.356 e. The van der Waals surface area contributed by atoms with Gasteiger partial charge in [0.15, 0.2) is 0 Å². The highest BCUT2D eigenvalue weighted by Crippen LogP contribution is 2.14. The number of esters is 2. The molecule has 140 valence electrons. The molecule has 0 N–H and O–H groups in total. The molecule has 1 fully saturated rings. The van der Waals surface area contributed by atoms with Gasteiger partial charge in [-0.25, -0.2) is 4.79 Å². The normalized spacial score (nSPS) is 15.5. The maximum atomic E-state index is 11.6. The standard InChI is InChI=1S/C17H31O6S/c1-17(2,3)16(19)23-11-9-21-7-6-20-8-10-22-15(18)14-24-12-4-5-13-24/h4-14H2,1-3H3/q+1. The molecule has 0 aromatic carbocycles. The van der Waals surface area contributed by atoms with Crippen LogP contribution in [0.15, 0.2) is 0 Å². The number of hydrogen-bond acceptors (Lipinski definition) is 6. The zero-order chi connectivity index (χ0) is 17.8. The summed E-state index contributed by atoms with van der Waals surface area (Å²) in [7, 11) is 0.249. The first-order valence-electron chi connectivity index (χ1n) is 8.52. The lowest BCUT2D eigenvalue weighted by atomic mass is 9.97. The number of hydrogen-bond donors (Lipinski definition) is 0. The van der Waals surface area contributed by atoms with Crippen molar-refractivity contribution < 1.29 is 28.5 Å². The topological polar surface area (TPSA) is 71.1 Å². The summed E-state index contributed by atoms with van der Waals surface area (Å²) in [5.74, 6) is 2.57. The lowest BCUT2D eigenvalue weighted by molar-refractivity contribution is -0.154. The first-order valence-corrected chi connectivity index (χ1v) is 10.3. The molecule has 24 heavy (non-hydrogen) atoms. The molecule has 1 aliphatic heterocycles. The van der Waals surface area contributed by atoms with Crippen molar-refractivity contribution in [3.05, 3.63) is 0 Å². The minimum absolute atomic E-state index is 0.110. The molecular weight excluding hydrogens is 332 g/mol. The fraction of sp³-hybridized carbons (Fsp3) is 0.882. The van der Waals surface area contributed by atoms with Gasteiger partial charge >= 0.3 is 11.9 Å². The van der Waals surface area contributed by atoms with Crippen molar-refractivity contribution in [2.45, 2.75) is 33.6 Å². The van der Waals surface area contributed by atoms with Crippen LogP contribution < -0.4 is 0 Å². The molecule has 7 heteroatoms. The van der Waals surface area contributed by atoms with Crippen molar-refractivity contribution in [2.24, 2.45) is 5.41 Å². The van der Waals surface area contributed by atoms with Crippen molar-refractivity contribution in [3.8, 4) is 0 Å². The Morgan fingerprint density at radius 1 is 0.833 bits per heavy atom. The molecule has 0 aliphatic carbocycles. The molecule has 0 bridgehead atoms. The second-order valence-corrected chi connectivity index (χ2v) is 9.03. The highest BCUT2D eigenvalue weighted by Gasteiger charge is 2.27. The first kappa shape index (κ1) is 21.3. The van der Waals surface area contributed by atoms with Crippen LogP contribution in [0.1, 0.15) is 33.6 Å². The van der Waals surface area contributed by atoms with Crippen LogP contribution in [0.25, 0.3) is 0 Å². The second kappa shape index (κ2) is 11.7. The van der Waals surface area contributed by atoms with Crippen LogP contribution >= 0.6 is 0 Å². The number of rotatable bonds is 11. The van der Waals surface area contributed by atoms with Crippen LogP contribution in [-0.4, -0.2) is 68.8 Å². The van der Waals surface area contributed by atoms with Crippen molar-refractivity contribution >= 4 is 22.8 Å². The Morgan fingerprint density at radius 2 is 1.33 bits per heavy atom. The third-order valence-corrected chi connectivity index (χ3v) is 5.75. The van der Waals surface area contributed by atoms with E-state index in [4.69, 9.17) is 18.9 Å². The Kier molecular flexibility index (Phi) is 10.4. The lowest BCUT2D eigenvalue weighted by Gasteiger charge is -2.16. The van der Waals surface area contributed by atoms with Crippen LogP contribution in [0.3, 0.4) is 0 Å². The van der Waals surface area contributed by atoms with Gasteiger partial charge in [0.1, 0.15) is 24.7 Å². The largest absolute Gasteiger partial charge is 0.463 e. The average molecular weight is 363 g/mol. The van der Waals surface area contributed by atoms with Crippen molar-refractivity contribution in [3.63, 3.8) is 0 Å². The second-order valence-electron chi connectivity index (χ2n) is 6.70. The van der Waals surface area contributed by atoms with Crippen molar-refractivity contribution in [1.29, 1.82) is 0 Å². The van der Waals surface area contributed by atoms with Gasteiger partial charge in [0.25, 0.3) is 0 Å². The van der Waals surface area contributed by atoms with Crippen molar-refractivity contribution in [1.82, 2.24) is 0 Å². The number of carbonyl (C=O) groups is 2. The summed E-state index contributed by atoms with van der Waals surface area (Å²) in [5.41, 5.74) is -0.487. The molecule has 0 unspecified atom stereocenters. The monoisotopic (exact) mass is 363 g/mol. The van der Waals surface area contributed by atoms with Crippen LogP contribution in [0, 0.1) is 5.41 Å². The van der Waals surface area contributed by atoms with Gasteiger partial charge in [0, 0.05) is 0 Å².